The summed E-state index contributed by atoms with van der Waals surface area (Å²) in [7, 11) is -6.00. The summed E-state index contributed by atoms with van der Waals surface area (Å²) in [6.45, 7) is -2.15. The third kappa shape index (κ3) is 2.86. The van der Waals surface area contributed by atoms with Gasteiger partial charge in [-0.1, -0.05) is 12.1 Å². The van der Waals surface area contributed by atoms with Crippen molar-refractivity contribution >= 4 is 21.9 Å². The van der Waals surface area contributed by atoms with Crippen molar-refractivity contribution in [2.24, 2.45) is 11.8 Å². The maximum absolute atomic E-state index is 13.8. The van der Waals surface area contributed by atoms with Gasteiger partial charge >= 0.3 is 15.6 Å². The van der Waals surface area contributed by atoms with E-state index in [-0.39, 0.29) is 11.1 Å². The number of rotatable bonds is 5. The van der Waals surface area contributed by atoms with Crippen molar-refractivity contribution in [3.8, 4) is 0 Å². The lowest BCUT2D eigenvalue weighted by atomic mass is 10.1. The van der Waals surface area contributed by atoms with Crippen LogP contribution in [0.5, 0.6) is 0 Å². The Morgan fingerprint density at radius 3 is 2.00 bits per heavy atom. The first kappa shape index (κ1) is 18.7. The van der Waals surface area contributed by atoms with Crippen LogP contribution in [0.2, 0.25) is 0 Å². The van der Waals surface area contributed by atoms with Crippen LogP contribution in [0.4, 0.5) is 22.0 Å². The molecular formula is C14H10F5NO5S. The molecule has 2 aliphatic rings. The molecule has 0 unspecified atom stereocenters. The molecule has 6 nitrogen and oxygen atoms in total. The van der Waals surface area contributed by atoms with E-state index in [1.165, 1.54) is 24.3 Å². The van der Waals surface area contributed by atoms with Crippen LogP contribution in [-0.2, 0) is 14.3 Å². The molecule has 0 N–H and O–H groups in total. The summed E-state index contributed by atoms with van der Waals surface area (Å²) < 4.78 is 89.3. The molecule has 12 heteroatoms. The molecule has 26 heavy (non-hydrogen) atoms. The van der Waals surface area contributed by atoms with Crippen LogP contribution in [0.1, 0.15) is 20.7 Å². The van der Waals surface area contributed by atoms with Crippen molar-refractivity contribution in [2.75, 3.05) is 13.2 Å². The van der Waals surface area contributed by atoms with Crippen molar-refractivity contribution in [2.45, 2.75) is 11.4 Å². The average Bonchev–Trinajstić information content (AvgIpc) is 2.97. The van der Waals surface area contributed by atoms with Gasteiger partial charge in [0.15, 0.2) is 0 Å². The van der Waals surface area contributed by atoms with E-state index in [0.29, 0.717) is 4.90 Å². The van der Waals surface area contributed by atoms with Crippen LogP contribution in [-0.4, -0.2) is 49.7 Å². The van der Waals surface area contributed by atoms with Crippen LogP contribution >= 0.6 is 0 Å². The fourth-order valence-corrected chi connectivity index (χ4v) is 3.23. The van der Waals surface area contributed by atoms with E-state index >= 15 is 0 Å². The molecule has 2 atom stereocenters. The Bertz CT molecular complexity index is 847. The zero-order valence-electron chi connectivity index (χ0n) is 12.7. The molecule has 1 saturated carbocycles. The normalized spacial score (nSPS) is 24.7. The average molecular weight is 399 g/mol. The quantitative estimate of drug-likeness (QED) is 0.328. The number of halogens is 5. The first-order valence-corrected chi connectivity index (χ1v) is 8.57. The molecule has 0 spiro atoms. The van der Waals surface area contributed by atoms with E-state index in [4.69, 9.17) is 0 Å². The van der Waals surface area contributed by atoms with Crippen LogP contribution in [0.25, 0.3) is 0 Å². The largest absolute Gasteiger partial charge is 0.523 e. The molecule has 1 aliphatic heterocycles. The Kier molecular flexibility index (Phi) is 4.11. The molecular weight excluding hydrogens is 389 g/mol. The van der Waals surface area contributed by atoms with Gasteiger partial charge in [0.1, 0.15) is 0 Å². The molecule has 0 saturated heterocycles. The SMILES string of the molecule is O=C1c2ccccc2C(=O)N1C[C@H]1[C@@H](COS(=O)(=O)C(F)(F)F)C1(F)F. The minimum Gasteiger partial charge on any atom is -0.274 e. The molecule has 1 heterocycles. The number of carbonyl (C=O) groups is 2. The van der Waals surface area contributed by atoms with E-state index in [2.05, 4.69) is 4.18 Å². The van der Waals surface area contributed by atoms with E-state index in [1.807, 2.05) is 0 Å². The summed E-state index contributed by atoms with van der Waals surface area (Å²) in [6.07, 6.45) is 0. The zero-order chi connectivity index (χ0) is 19.5. The third-order valence-electron chi connectivity index (χ3n) is 4.31. The highest BCUT2D eigenvalue weighted by Crippen LogP contribution is 2.56. The van der Waals surface area contributed by atoms with Crippen molar-refractivity contribution in [1.82, 2.24) is 4.90 Å². The van der Waals surface area contributed by atoms with Gasteiger partial charge in [-0.2, -0.15) is 21.6 Å². The zero-order valence-corrected chi connectivity index (χ0v) is 13.5. The summed E-state index contributed by atoms with van der Waals surface area (Å²) in [5.74, 6) is -8.69. The fourth-order valence-electron chi connectivity index (χ4n) is 2.77. The number of amides is 2. The highest BCUT2D eigenvalue weighted by molar-refractivity contribution is 7.87. The molecule has 1 aliphatic carbocycles. The van der Waals surface area contributed by atoms with Gasteiger partial charge in [0.05, 0.1) is 29.6 Å². The standard InChI is InChI=1S/C14H10F5NO5S/c15-13(16)9(10(13)6-25-26(23,24)14(17,18)19)5-20-11(21)7-3-1-2-4-8(7)12(20)22/h1-4,9-10H,5-6H2/t9-,10+/m0/s1. The second kappa shape index (κ2) is 5.71. The highest BCUT2D eigenvalue weighted by Gasteiger charge is 2.69. The summed E-state index contributed by atoms with van der Waals surface area (Å²) in [4.78, 5) is 24.8. The molecule has 0 bridgehead atoms. The lowest BCUT2D eigenvalue weighted by molar-refractivity contribution is -0.0552. The molecule has 3 rings (SSSR count). The van der Waals surface area contributed by atoms with Gasteiger partial charge in [-0.05, 0) is 12.1 Å². The van der Waals surface area contributed by atoms with Gasteiger partial charge in [-0.15, -0.1) is 0 Å². The Hall–Kier alpha value is -2.08. The van der Waals surface area contributed by atoms with E-state index < -0.39 is 58.4 Å². The second-order valence-electron chi connectivity index (χ2n) is 5.84. The molecule has 1 aromatic carbocycles. The van der Waals surface area contributed by atoms with Crippen molar-refractivity contribution in [3.63, 3.8) is 0 Å². The Labute approximate surface area is 143 Å². The second-order valence-corrected chi connectivity index (χ2v) is 7.45. The number of benzene rings is 1. The summed E-state index contributed by atoms with van der Waals surface area (Å²) in [6, 6.07) is 5.66. The molecule has 1 fully saturated rings. The number of alkyl halides is 5. The van der Waals surface area contributed by atoms with Gasteiger partial charge in [-0.3, -0.25) is 18.7 Å². The van der Waals surface area contributed by atoms with E-state index in [1.54, 1.807) is 0 Å². The first-order chi connectivity index (χ1) is 11.9. The number of nitrogens with zero attached hydrogens (tertiary/aromatic N) is 1. The van der Waals surface area contributed by atoms with Crippen LogP contribution in [0, 0.1) is 11.8 Å². The van der Waals surface area contributed by atoms with Crippen molar-refractivity contribution in [1.29, 1.82) is 0 Å². The molecule has 142 valence electrons. The van der Waals surface area contributed by atoms with Gasteiger partial charge in [-0.25, -0.2) is 8.78 Å². The summed E-state index contributed by atoms with van der Waals surface area (Å²) >= 11 is 0. The summed E-state index contributed by atoms with van der Waals surface area (Å²) in [5.41, 5.74) is -5.65. The topological polar surface area (TPSA) is 80.8 Å². The molecule has 0 aromatic heterocycles. The summed E-state index contributed by atoms with van der Waals surface area (Å²) in [5, 5.41) is 0. The van der Waals surface area contributed by atoms with Gasteiger partial charge < -0.3 is 0 Å². The first-order valence-electron chi connectivity index (χ1n) is 7.16. The molecule has 1 aromatic rings. The van der Waals surface area contributed by atoms with Gasteiger partial charge in [0.2, 0.25) is 0 Å². The minimum absolute atomic E-state index is 0.0360. The molecule has 0 radical (unpaired) electrons. The maximum Gasteiger partial charge on any atom is 0.523 e. The minimum atomic E-state index is -6.00. The Morgan fingerprint density at radius 1 is 1.04 bits per heavy atom. The highest BCUT2D eigenvalue weighted by atomic mass is 32.2. The monoisotopic (exact) mass is 399 g/mol. The number of hydrogen-bond acceptors (Lipinski definition) is 5. The van der Waals surface area contributed by atoms with Crippen molar-refractivity contribution < 1.29 is 44.1 Å². The van der Waals surface area contributed by atoms with Gasteiger partial charge in [0, 0.05) is 6.54 Å². The van der Waals surface area contributed by atoms with Crippen molar-refractivity contribution in [3.05, 3.63) is 35.4 Å². The number of hydrogen-bond donors (Lipinski definition) is 0. The number of carbonyl (C=O) groups excluding carboxylic acids is 2. The maximum atomic E-state index is 13.8. The number of imide groups is 1. The van der Waals surface area contributed by atoms with E-state index in [0.717, 1.165) is 0 Å². The smallest absolute Gasteiger partial charge is 0.274 e. The van der Waals surface area contributed by atoms with Crippen LogP contribution in [0.3, 0.4) is 0 Å². The fraction of sp³-hybridized carbons (Fsp3) is 0.429. The predicted molar refractivity (Wildman–Crippen MR) is 74.7 cm³/mol. The molecule has 2 amide bonds. The third-order valence-corrected chi connectivity index (χ3v) is 5.32. The number of fused-ring (bicyclic) bond motifs is 1. The lowest BCUT2D eigenvalue weighted by Gasteiger charge is -2.13. The van der Waals surface area contributed by atoms with Crippen LogP contribution < -0.4 is 0 Å². The Balaban J connectivity index is 1.69. The predicted octanol–water partition coefficient (Wildman–Crippen LogP) is 2.03. The lowest BCUT2D eigenvalue weighted by Crippen LogP contribution is -2.33. The van der Waals surface area contributed by atoms with Gasteiger partial charge in [0.25, 0.3) is 17.7 Å². The van der Waals surface area contributed by atoms with E-state index in [9.17, 15) is 40.0 Å². The Morgan fingerprint density at radius 2 is 1.54 bits per heavy atom. The van der Waals surface area contributed by atoms with Crippen LogP contribution in [0.15, 0.2) is 24.3 Å².